The molecule has 3 rings (SSSR count). The number of carboxylic acids is 1. The molecule has 3 aromatic rings. The van der Waals surface area contributed by atoms with E-state index in [4.69, 9.17) is 19.9 Å². The lowest BCUT2D eigenvalue weighted by atomic mass is 10.00. The Hall–Kier alpha value is -3.69. The summed E-state index contributed by atoms with van der Waals surface area (Å²) >= 11 is 1.37. The molecule has 39 heavy (non-hydrogen) atoms. The molecule has 0 spiro atoms. The number of hydrogen-bond acceptors (Lipinski definition) is 7. The van der Waals surface area contributed by atoms with Gasteiger partial charge in [-0.2, -0.15) is 11.8 Å². The predicted octanol–water partition coefficient (Wildman–Crippen LogP) is 5.65. The summed E-state index contributed by atoms with van der Waals surface area (Å²) in [6.45, 7) is 5.15. The quantitative estimate of drug-likeness (QED) is 0.294. The van der Waals surface area contributed by atoms with E-state index < -0.39 is 23.7 Å². The molecule has 0 aliphatic carbocycles. The Morgan fingerprint density at radius 3 is 1.95 bits per heavy atom. The number of carbonyl (C=O) groups excluding carboxylic acids is 1. The third kappa shape index (κ3) is 11.3. The largest absolute Gasteiger partial charge is 0.497 e. The zero-order chi connectivity index (χ0) is 28.8. The second kappa shape index (κ2) is 15.7. The fraction of sp³-hybridized carbons (Fsp3) is 0.333. The van der Waals surface area contributed by atoms with Gasteiger partial charge < -0.3 is 30.4 Å². The van der Waals surface area contributed by atoms with E-state index in [2.05, 4.69) is 29.6 Å². The van der Waals surface area contributed by atoms with Crippen LogP contribution in [0.4, 0.5) is 4.79 Å². The van der Waals surface area contributed by atoms with E-state index in [1.54, 1.807) is 41.1 Å². The van der Waals surface area contributed by atoms with E-state index in [1.807, 2.05) is 48.5 Å². The molecule has 0 heterocycles. The van der Waals surface area contributed by atoms with Crippen molar-refractivity contribution in [3.63, 3.8) is 0 Å². The zero-order valence-corrected chi connectivity index (χ0v) is 23.9. The van der Waals surface area contributed by atoms with E-state index in [9.17, 15) is 14.7 Å². The van der Waals surface area contributed by atoms with Gasteiger partial charge in [-0.1, -0.05) is 66.7 Å². The van der Waals surface area contributed by atoms with Crippen molar-refractivity contribution >= 4 is 23.8 Å². The second-order valence-corrected chi connectivity index (χ2v) is 10.6. The molecule has 210 valence electrons. The standard InChI is InChI=1S/C17H25NO6S.C13H13N/c1-17(2,3)24-16(21)18-13(15(19)20)10-25-9-11-6-7-12(22-4)8-14(11)23-5;14-13(11-7-3-1-4-8-11)12-9-5-2-6-10-12/h6-8,13H,9-10H2,1-5H3,(H,18,21)(H,19,20);1-10,13H,14H2/t13-;/m0./s1. The van der Waals surface area contributed by atoms with Crippen LogP contribution in [0.1, 0.15) is 43.5 Å². The first kappa shape index (κ1) is 31.5. The summed E-state index contributed by atoms with van der Waals surface area (Å²) in [6, 6.07) is 24.7. The van der Waals surface area contributed by atoms with Crippen molar-refractivity contribution in [2.75, 3.05) is 20.0 Å². The molecule has 1 atom stereocenters. The van der Waals surface area contributed by atoms with Gasteiger partial charge in [-0.3, -0.25) is 0 Å². The molecule has 0 unspecified atom stereocenters. The Morgan fingerprint density at radius 2 is 1.49 bits per heavy atom. The molecule has 0 radical (unpaired) electrons. The number of rotatable bonds is 10. The van der Waals surface area contributed by atoms with Crippen LogP contribution in [-0.2, 0) is 15.3 Å². The maximum absolute atomic E-state index is 11.7. The number of alkyl carbamates (subject to hydrolysis) is 1. The molecule has 8 nitrogen and oxygen atoms in total. The van der Waals surface area contributed by atoms with Gasteiger partial charge in [0.15, 0.2) is 0 Å². The molecule has 9 heteroatoms. The first-order valence-corrected chi connectivity index (χ1v) is 13.6. The lowest BCUT2D eigenvalue weighted by Gasteiger charge is -2.22. The summed E-state index contributed by atoms with van der Waals surface area (Å²) in [6.07, 6.45) is -0.748. The lowest BCUT2D eigenvalue weighted by molar-refractivity contribution is -0.138. The molecule has 0 fully saturated rings. The molecule has 0 aromatic heterocycles. The average molecular weight is 555 g/mol. The number of nitrogens with two attached hydrogens (primary N) is 1. The summed E-state index contributed by atoms with van der Waals surface area (Å²) < 4.78 is 15.5. The number of amides is 1. The number of thioether (sulfide) groups is 1. The summed E-state index contributed by atoms with van der Waals surface area (Å²) in [5.41, 5.74) is 8.65. The van der Waals surface area contributed by atoms with E-state index in [0.29, 0.717) is 17.3 Å². The molecular weight excluding hydrogens is 516 g/mol. The highest BCUT2D eigenvalue weighted by Crippen LogP contribution is 2.28. The van der Waals surface area contributed by atoms with Gasteiger partial charge in [0.2, 0.25) is 0 Å². The van der Waals surface area contributed by atoms with Crippen LogP contribution < -0.4 is 20.5 Å². The number of ether oxygens (including phenoxy) is 3. The second-order valence-electron chi connectivity index (χ2n) is 9.53. The van der Waals surface area contributed by atoms with Crippen molar-refractivity contribution in [2.45, 2.75) is 44.2 Å². The first-order chi connectivity index (χ1) is 18.5. The Bertz CT molecular complexity index is 1130. The van der Waals surface area contributed by atoms with Crippen LogP contribution in [0.5, 0.6) is 11.5 Å². The number of hydrogen-bond donors (Lipinski definition) is 3. The van der Waals surface area contributed by atoms with Crippen LogP contribution in [0, 0.1) is 0 Å². The van der Waals surface area contributed by atoms with Crippen LogP contribution in [0.3, 0.4) is 0 Å². The third-order valence-corrected chi connectivity index (χ3v) is 6.43. The molecule has 0 bridgehead atoms. The highest BCUT2D eigenvalue weighted by molar-refractivity contribution is 7.98. The Labute approximate surface area is 234 Å². The molecule has 3 aromatic carbocycles. The summed E-state index contributed by atoms with van der Waals surface area (Å²) in [5, 5.41) is 11.6. The van der Waals surface area contributed by atoms with Crippen molar-refractivity contribution in [2.24, 2.45) is 5.73 Å². The van der Waals surface area contributed by atoms with E-state index in [0.717, 1.165) is 16.7 Å². The Morgan fingerprint density at radius 1 is 0.923 bits per heavy atom. The number of aliphatic carboxylic acids is 1. The van der Waals surface area contributed by atoms with Crippen molar-refractivity contribution in [1.29, 1.82) is 0 Å². The van der Waals surface area contributed by atoms with E-state index in [-0.39, 0.29) is 11.8 Å². The van der Waals surface area contributed by atoms with Gasteiger partial charge in [-0.05, 0) is 38.0 Å². The van der Waals surface area contributed by atoms with Crippen LogP contribution in [0.15, 0.2) is 78.9 Å². The Kier molecular flexibility index (Phi) is 12.7. The number of nitrogens with one attached hydrogen (secondary N) is 1. The fourth-order valence-electron chi connectivity index (χ4n) is 3.40. The van der Waals surface area contributed by atoms with E-state index in [1.165, 1.54) is 11.8 Å². The molecule has 0 saturated heterocycles. The third-order valence-electron chi connectivity index (χ3n) is 5.34. The van der Waals surface area contributed by atoms with Crippen molar-refractivity contribution in [1.82, 2.24) is 5.32 Å². The highest BCUT2D eigenvalue weighted by atomic mass is 32.2. The average Bonchev–Trinajstić information content (AvgIpc) is 2.92. The fourth-order valence-corrected chi connectivity index (χ4v) is 4.43. The van der Waals surface area contributed by atoms with Crippen LogP contribution >= 0.6 is 11.8 Å². The topological polar surface area (TPSA) is 120 Å². The zero-order valence-electron chi connectivity index (χ0n) is 23.0. The van der Waals surface area contributed by atoms with Gasteiger partial charge in [0.05, 0.1) is 20.3 Å². The minimum Gasteiger partial charge on any atom is -0.497 e. The predicted molar refractivity (Wildman–Crippen MR) is 155 cm³/mol. The summed E-state index contributed by atoms with van der Waals surface area (Å²) in [7, 11) is 3.13. The number of benzene rings is 3. The number of carbonyl (C=O) groups is 2. The maximum Gasteiger partial charge on any atom is 0.408 e. The number of carboxylic acid groups (broad SMARTS) is 1. The van der Waals surface area contributed by atoms with E-state index >= 15 is 0 Å². The van der Waals surface area contributed by atoms with Gasteiger partial charge in [-0.25, -0.2) is 9.59 Å². The van der Waals surface area contributed by atoms with Crippen LogP contribution in [0.2, 0.25) is 0 Å². The maximum atomic E-state index is 11.7. The van der Waals surface area contributed by atoms with Gasteiger partial charge in [0.1, 0.15) is 23.1 Å². The summed E-state index contributed by atoms with van der Waals surface area (Å²) in [4.78, 5) is 23.1. The van der Waals surface area contributed by atoms with Gasteiger partial charge >= 0.3 is 12.1 Å². The van der Waals surface area contributed by atoms with Crippen molar-refractivity contribution in [3.8, 4) is 11.5 Å². The molecule has 0 aliphatic rings. The monoisotopic (exact) mass is 554 g/mol. The molecule has 1 amide bonds. The van der Waals surface area contributed by atoms with Gasteiger partial charge in [-0.15, -0.1) is 0 Å². The van der Waals surface area contributed by atoms with Gasteiger partial charge in [0, 0.05) is 23.1 Å². The lowest BCUT2D eigenvalue weighted by Crippen LogP contribution is -2.44. The van der Waals surface area contributed by atoms with Gasteiger partial charge in [0.25, 0.3) is 0 Å². The molecule has 0 saturated carbocycles. The summed E-state index contributed by atoms with van der Waals surface area (Å²) in [5.74, 6) is 0.968. The Balaban J connectivity index is 0.000000318. The van der Waals surface area contributed by atoms with Crippen molar-refractivity contribution in [3.05, 3.63) is 95.6 Å². The first-order valence-electron chi connectivity index (χ1n) is 12.4. The SMILES string of the molecule is COc1ccc(CSC[C@H](NC(=O)OC(C)(C)C)C(=O)O)c(OC)c1.NC(c1ccccc1)c1ccccc1. The van der Waals surface area contributed by atoms with Crippen LogP contribution in [-0.4, -0.2) is 48.8 Å². The molecule has 0 aliphatic heterocycles. The van der Waals surface area contributed by atoms with Crippen LogP contribution in [0.25, 0.3) is 0 Å². The molecule has 4 N–H and O–H groups in total. The molecular formula is C30H38N2O6S. The normalized spacial score (nSPS) is 11.6. The minimum atomic E-state index is -1.11. The highest BCUT2D eigenvalue weighted by Gasteiger charge is 2.24. The number of methoxy groups -OCH3 is 2. The van der Waals surface area contributed by atoms with Crippen molar-refractivity contribution < 1.29 is 28.9 Å². The smallest absolute Gasteiger partial charge is 0.408 e. The minimum absolute atomic E-state index is 0.0163.